The first kappa shape index (κ1) is 13.6. The van der Waals surface area contributed by atoms with Gasteiger partial charge in [-0.05, 0) is 53.2 Å². The zero-order chi connectivity index (χ0) is 13.2. The van der Waals surface area contributed by atoms with Crippen molar-refractivity contribution in [3.63, 3.8) is 0 Å². The summed E-state index contributed by atoms with van der Waals surface area (Å²) in [5.41, 5.74) is 1.26. The van der Waals surface area contributed by atoms with Gasteiger partial charge >= 0.3 is 0 Å². The van der Waals surface area contributed by atoms with Crippen LogP contribution in [0.5, 0.6) is 0 Å². The second-order valence-corrected chi connectivity index (χ2v) is 6.08. The lowest BCUT2D eigenvalue weighted by Gasteiger charge is -2.32. The number of aromatic nitrogens is 2. The first-order valence-corrected chi connectivity index (χ1v) is 6.91. The summed E-state index contributed by atoms with van der Waals surface area (Å²) in [5.74, 6) is 0.754. The van der Waals surface area contributed by atoms with Gasteiger partial charge in [0.15, 0.2) is 0 Å². The normalized spacial score (nSPS) is 22.3. The van der Waals surface area contributed by atoms with E-state index in [0.717, 1.165) is 12.5 Å². The zero-order valence-electron chi connectivity index (χ0n) is 12.1. The van der Waals surface area contributed by atoms with Crippen molar-refractivity contribution in [1.82, 2.24) is 19.8 Å². The second-order valence-electron chi connectivity index (χ2n) is 6.08. The average molecular weight is 250 g/mol. The number of likely N-dealkylation sites (tertiary alicyclic amines) is 1. The molecule has 0 aromatic carbocycles. The van der Waals surface area contributed by atoms with Gasteiger partial charge in [-0.1, -0.05) is 0 Å². The molecule has 0 radical (unpaired) electrons. The maximum Gasteiger partial charge on any atom is 0.0948 e. The molecule has 0 saturated carbocycles. The number of nitrogens with one attached hydrogen (secondary N) is 1. The molecule has 1 aliphatic heterocycles. The molecule has 0 spiro atoms. The van der Waals surface area contributed by atoms with Gasteiger partial charge in [-0.2, -0.15) is 0 Å². The number of rotatable bonds is 4. The van der Waals surface area contributed by atoms with Crippen molar-refractivity contribution < 1.29 is 0 Å². The maximum atomic E-state index is 4.33. The molecule has 1 saturated heterocycles. The minimum absolute atomic E-state index is 0.0168. The zero-order valence-corrected chi connectivity index (χ0v) is 12.1. The van der Waals surface area contributed by atoms with Crippen molar-refractivity contribution in [1.29, 1.82) is 0 Å². The van der Waals surface area contributed by atoms with Crippen LogP contribution in [0.15, 0.2) is 12.5 Å². The van der Waals surface area contributed by atoms with E-state index in [2.05, 4.69) is 40.7 Å². The minimum Gasteiger partial charge on any atom is -0.333 e. The first-order valence-electron chi connectivity index (χ1n) is 6.91. The molecule has 2 rings (SSSR count). The highest BCUT2D eigenvalue weighted by atomic mass is 15.1. The molecule has 1 aliphatic rings. The van der Waals surface area contributed by atoms with Crippen LogP contribution in [-0.4, -0.2) is 41.6 Å². The van der Waals surface area contributed by atoms with Gasteiger partial charge in [-0.3, -0.25) is 0 Å². The lowest BCUT2D eigenvalue weighted by Crippen LogP contribution is -2.38. The Kier molecular flexibility index (Phi) is 4.07. The standard InChI is InChI=1S/C14H26N4/c1-14(2,15-3)13-8-16-11-18(13)10-12-6-5-7-17(4)9-12/h8,11-12,15H,5-7,9-10H2,1-4H3. The minimum atomic E-state index is -0.0168. The van der Waals surface area contributed by atoms with Crippen LogP contribution < -0.4 is 5.32 Å². The molecule has 1 unspecified atom stereocenters. The van der Waals surface area contributed by atoms with Gasteiger partial charge in [-0.25, -0.2) is 4.98 Å². The van der Waals surface area contributed by atoms with Gasteiger partial charge in [0.05, 0.1) is 17.6 Å². The Bertz CT molecular complexity index is 383. The highest BCUT2D eigenvalue weighted by Crippen LogP contribution is 2.22. The topological polar surface area (TPSA) is 33.1 Å². The van der Waals surface area contributed by atoms with Crippen molar-refractivity contribution in [2.24, 2.45) is 5.92 Å². The monoisotopic (exact) mass is 250 g/mol. The summed E-state index contributed by atoms with van der Waals surface area (Å²) < 4.78 is 2.32. The van der Waals surface area contributed by atoms with E-state index in [0.29, 0.717) is 0 Å². The third kappa shape index (κ3) is 2.93. The SMILES string of the molecule is CNC(C)(C)c1cncn1CC1CCCN(C)C1. The highest BCUT2D eigenvalue weighted by molar-refractivity contribution is 5.11. The van der Waals surface area contributed by atoms with E-state index >= 15 is 0 Å². The van der Waals surface area contributed by atoms with E-state index in [4.69, 9.17) is 0 Å². The molecule has 0 aliphatic carbocycles. The Morgan fingerprint density at radius 3 is 2.94 bits per heavy atom. The van der Waals surface area contributed by atoms with Gasteiger partial charge in [0.25, 0.3) is 0 Å². The summed E-state index contributed by atoms with van der Waals surface area (Å²) in [7, 11) is 4.23. The Morgan fingerprint density at radius 2 is 2.28 bits per heavy atom. The summed E-state index contributed by atoms with van der Waals surface area (Å²) in [6.45, 7) is 7.94. The molecule has 4 nitrogen and oxygen atoms in total. The lowest BCUT2D eigenvalue weighted by atomic mass is 9.97. The van der Waals surface area contributed by atoms with E-state index in [1.165, 1.54) is 31.6 Å². The lowest BCUT2D eigenvalue weighted by molar-refractivity contribution is 0.191. The summed E-state index contributed by atoms with van der Waals surface area (Å²) in [6, 6.07) is 0. The molecule has 0 bridgehead atoms. The highest BCUT2D eigenvalue weighted by Gasteiger charge is 2.24. The number of nitrogens with zero attached hydrogens (tertiary/aromatic N) is 3. The summed E-state index contributed by atoms with van der Waals surface area (Å²) >= 11 is 0. The molecule has 1 fully saturated rings. The molecule has 1 aromatic rings. The number of hydrogen-bond donors (Lipinski definition) is 1. The fourth-order valence-corrected chi connectivity index (χ4v) is 2.82. The molecule has 0 amide bonds. The number of imidazole rings is 1. The second kappa shape index (κ2) is 5.41. The summed E-state index contributed by atoms with van der Waals surface area (Å²) in [5, 5.41) is 3.36. The van der Waals surface area contributed by atoms with Crippen LogP contribution in [-0.2, 0) is 12.1 Å². The van der Waals surface area contributed by atoms with Crippen LogP contribution in [0, 0.1) is 5.92 Å². The molecular weight excluding hydrogens is 224 g/mol. The molecule has 1 aromatic heterocycles. The molecule has 102 valence electrons. The third-order valence-corrected chi connectivity index (χ3v) is 4.15. The molecule has 18 heavy (non-hydrogen) atoms. The van der Waals surface area contributed by atoms with Crippen LogP contribution in [0.25, 0.3) is 0 Å². The largest absolute Gasteiger partial charge is 0.333 e. The Balaban J connectivity index is 2.08. The van der Waals surface area contributed by atoms with E-state index in [1.807, 2.05) is 19.6 Å². The molecule has 1 N–H and O–H groups in total. The molecule has 4 heteroatoms. The van der Waals surface area contributed by atoms with Gasteiger partial charge in [0.1, 0.15) is 0 Å². The fourth-order valence-electron chi connectivity index (χ4n) is 2.82. The molecule has 1 atom stereocenters. The van der Waals surface area contributed by atoms with Crippen molar-refractivity contribution in [2.45, 2.75) is 38.8 Å². The van der Waals surface area contributed by atoms with Crippen molar-refractivity contribution in [2.75, 3.05) is 27.2 Å². The van der Waals surface area contributed by atoms with Crippen LogP contribution in [0.3, 0.4) is 0 Å². The van der Waals surface area contributed by atoms with Gasteiger partial charge < -0.3 is 14.8 Å². The Morgan fingerprint density at radius 1 is 1.50 bits per heavy atom. The number of hydrogen-bond acceptors (Lipinski definition) is 3. The van der Waals surface area contributed by atoms with Gasteiger partial charge in [0, 0.05) is 19.3 Å². The van der Waals surface area contributed by atoms with Crippen LogP contribution in [0.4, 0.5) is 0 Å². The predicted octanol–water partition coefficient (Wildman–Crippen LogP) is 1.68. The molecule has 2 heterocycles. The predicted molar refractivity (Wildman–Crippen MR) is 74.5 cm³/mol. The van der Waals surface area contributed by atoms with E-state index in [1.54, 1.807) is 0 Å². The summed E-state index contributed by atoms with van der Waals surface area (Å²) in [4.78, 5) is 6.77. The van der Waals surface area contributed by atoms with Crippen LogP contribution >= 0.6 is 0 Å². The smallest absolute Gasteiger partial charge is 0.0948 e. The van der Waals surface area contributed by atoms with Crippen molar-refractivity contribution in [3.8, 4) is 0 Å². The van der Waals surface area contributed by atoms with E-state index < -0.39 is 0 Å². The third-order valence-electron chi connectivity index (χ3n) is 4.15. The van der Waals surface area contributed by atoms with Crippen molar-refractivity contribution in [3.05, 3.63) is 18.2 Å². The Hall–Kier alpha value is -0.870. The van der Waals surface area contributed by atoms with E-state index in [-0.39, 0.29) is 5.54 Å². The fraction of sp³-hybridized carbons (Fsp3) is 0.786. The first-order chi connectivity index (χ1) is 8.53. The van der Waals surface area contributed by atoms with E-state index in [9.17, 15) is 0 Å². The maximum absolute atomic E-state index is 4.33. The Labute approximate surface area is 110 Å². The van der Waals surface area contributed by atoms with Crippen LogP contribution in [0.1, 0.15) is 32.4 Å². The van der Waals surface area contributed by atoms with Gasteiger partial charge in [0.2, 0.25) is 0 Å². The molecular formula is C14H26N4. The average Bonchev–Trinajstić information content (AvgIpc) is 2.78. The quantitative estimate of drug-likeness (QED) is 0.882. The number of piperidine rings is 1. The van der Waals surface area contributed by atoms with Gasteiger partial charge in [-0.15, -0.1) is 0 Å². The summed E-state index contributed by atoms with van der Waals surface area (Å²) in [6.07, 6.45) is 6.62. The van der Waals surface area contributed by atoms with Crippen LogP contribution in [0.2, 0.25) is 0 Å². The van der Waals surface area contributed by atoms with Crippen molar-refractivity contribution >= 4 is 0 Å².